The predicted molar refractivity (Wildman–Crippen MR) is 218 cm³/mol. The molecule has 5 saturated heterocycles. The van der Waals surface area contributed by atoms with Gasteiger partial charge in [0.1, 0.15) is 32.2 Å². The van der Waals surface area contributed by atoms with Gasteiger partial charge in [0.15, 0.2) is 0 Å². The van der Waals surface area contributed by atoms with E-state index in [4.69, 9.17) is 23.4 Å². The molecule has 58 heavy (non-hydrogen) atoms. The quantitative estimate of drug-likeness (QED) is 0.220. The normalized spacial score (nSPS) is 42.9. The van der Waals surface area contributed by atoms with Crippen LogP contribution in [0.4, 0.5) is 0 Å². The van der Waals surface area contributed by atoms with Crippen molar-refractivity contribution in [2.45, 2.75) is 85.8 Å². The fourth-order valence-electron chi connectivity index (χ4n) is 13.8. The largest absolute Gasteiger partial charge is 0.615 e. The molecule has 6 saturated carbocycles. The Morgan fingerprint density at radius 2 is 1.10 bits per heavy atom. The Balaban J connectivity index is 0.000000148. The molecule has 6 aliphatic carbocycles. The molecule has 0 aromatic heterocycles. The number of quaternary nitrogens is 2. The van der Waals surface area contributed by atoms with E-state index >= 15 is 0 Å². The molecular formula is C45H60B2N2O9. The summed E-state index contributed by atoms with van der Waals surface area (Å²) in [6.07, 6.45) is 9.13. The van der Waals surface area contributed by atoms with Crippen LogP contribution >= 0.6 is 0 Å². The number of hydrogen-bond acceptors (Lipinski definition) is 9. The Bertz CT molecular complexity index is 1980. The number of rotatable bonds is 8. The van der Waals surface area contributed by atoms with Crippen molar-refractivity contribution in [1.29, 1.82) is 0 Å². The summed E-state index contributed by atoms with van der Waals surface area (Å²) < 4.78 is 30.0. The van der Waals surface area contributed by atoms with E-state index in [2.05, 4.69) is 27.7 Å². The van der Waals surface area contributed by atoms with Gasteiger partial charge in [-0.1, -0.05) is 108 Å². The number of carbonyl (C=O) groups is 4. The fraction of sp³-hybridized carbons (Fsp3) is 0.600. The van der Waals surface area contributed by atoms with Gasteiger partial charge in [0.2, 0.25) is 0 Å². The topological polar surface area (TPSA) is 118 Å². The molecule has 5 heterocycles. The van der Waals surface area contributed by atoms with Gasteiger partial charge in [0.05, 0.1) is 6.10 Å². The fourth-order valence-corrected chi connectivity index (χ4v) is 13.8. The number of carbonyl (C=O) groups excluding carboxylic acids is 4. The smallest absolute Gasteiger partial charge is 0.598 e. The zero-order valence-corrected chi connectivity index (χ0v) is 33.8. The minimum Gasteiger partial charge on any atom is -0.598 e. The number of nitrogens with zero attached hydrogens (tertiary/aromatic N) is 2. The second-order valence-electron chi connectivity index (χ2n) is 20.4. The van der Waals surface area contributed by atoms with E-state index in [-0.39, 0.29) is 69.6 Å². The molecule has 0 amide bonds. The summed E-state index contributed by atoms with van der Waals surface area (Å²) in [7, 11) is 0. The third-order valence-electron chi connectivity index (χ3n) is 17.1. The highest BCUT2D eigenvalue weighted by Gasteiger charge is 2.78. The van der Waals surface area contributed by atoms with E-state index in [1.54, 1.807) is 0 Å². The van der Waals surface area contributed by atoms with Crippen LogP contribution in [0, 0.1) is 46.3 Å². The van der Waals surface area contributed by atoms with Gasteiger partial charge in [-0.05, 0) is 84.2 Å². The number of ether oxygens (including phenoxy) is 1. The molecule has 13 rings (SSSR count). The average Bonchev–Trinajstić information content (AvgIpc) is 3.72. The van der Waals surface area contributed by atoms with Crippen molar-refractivity contribution in [3.8, 4) is 0 Å². The van der Waals surface area contributed by atoms with Gasteiger partial charge < -0.3 is 32.1 Å². The minimum absolute atomic E-state index is 0. The zero-order chi connectivity index (χ0) is 39.6. The summed E-state index contributed by atoms with van der Waals surface area (Å²) >= 11 is 0. The van der Waals surface area contributed by atoms with E-state index < -0.39 is 13.4 Å². The maximum absolute atomic E-state index is 12.5. The molecule has 2 aromatic carbocycles. The van der Waals surface area contributed by atoms with Gasteiger partial charge in [0.25, 0.3) is 0 Å². The van der Waals surface area contributed by atoms with Gasteiger partial charge in [-0.15, -0.1) is 0 Å². The molecule has 11 fully saturated rings. The molecule has 0 spiro atoms. The Morgan fingerprint density at radius 1 is 0.638 bits per heavy atom. The number of benzene rings is 2. The summed E-state index contributed by atoms with van der Waals surface area (Å²) in [6, 6.07) is 19.4. The third kappa shape index (κ3) is 5.87. The summed E-state index contributed by atoms with van der Waals surface area (Å²) in [5, 5.41) is 0. The van der Waals surface area contributed by atoms with Gasteiger partial charge in [-0.2, -0.15) is 0 Å². The van der Waals surface area contributed by atoms with Gasteiger partial charge in [0, 0.05) is 24.9 Å². The monoisotopic (exact) mass is 794 g/mol. The van der Waals surface area contributed by atoms with Crippen molar-refractivity contribution in [3.63, 3.8) is 0 Å². The van der Waals surface area contributed by atoms with E-state index in [0.717, 1.165) is 36.1 Å². The first kappa shape index (κ1) is 39.5. The molecular weight excluding hydrogens is 734 g/mol. The lowest BCUT2D eigenvalue weighted by molar-refractivity contribution is -0.821. The second-order valence-corrected chi connectivity index (χ2v) is 20.4. The van der Waals surface area contributed by atoms with Crippen molar-refractivity contribution < 1.29 is 51.3 Å². The summed E-state index contributed by atoms with van der Waals surface area (Å²) in [4.78, 5) is 49.9. The summed E-state index contributed by atoms with van der Waals surface area (Å²) in [5.74, 6) is 4.78. The highest BCUT2D eigenvalue weighted by molar-refractivity contribution is 6.71. The summed E-state index contributed by atoms with van der Waals surface area (Å²) in [5.41, 5.74) is 2.77. The van der Waals surface area contributed by atoms with Crippen molar-refractivity contribution in [1.82, 2.24) is 0 Å². The lowest BCUT2D eigenvalue weighted by Crippen LogP contribution is -2.69. The maximum Gasteiger partial charge on any atom is 0.615 e. The highest BCUT2D eigenvalue weighted by atomic mass is 16.7. The molecule has 2 aromatic rings. The SMILES string of the molecule is C.CC1(C)C2C[C@H]1CCC2C[N+]12CC(=O)O[B-]1(/C=C/c1ccccc1)OC(=O)C2.CC1(C)C2C[C@H]1CCC2C[N+]12CC(=O)O[B-]1(C1OC1c1ccccc1)OC(=O)C2. The van der Waals surface area contributed by atoms with Crippen LogP contribution in [-0.2, 0) is 42.5 Å². The van der Waals surface area contributed by atoms with Crippen LogP contribution in [-0.4, -0.2) is 91.3 Å². The molecule has 310 valence electrons. The van der Waals surface area contributed by atoms with Crippen LogP contribution in [0.2, 0.25) is 0 Å². The van der Waals surface area contributed by atoms with E-state index in [1.165, 1.54) is 38.5 Å². The second kappa shape index (κ2) is 13.5. The van der Waals surface area contributed by atoms with Crippen LogP contribution < -0.4 is 0 Å². The van der Waals surface area contributed by atoms with Crippen LogP contribution in [0.1, 0.15) is 90.9 Å². The van der Waals surface area contributed by atoms with Gasteiger partial charge in [-0.25, -0.2) is 0 Å². The summed E-state index contributed by atoms with van der Waals surface area (Å²) in [6.45, 7) is 7.68. The lowest BCUT2D eigenvalue weighted by atomic mass is 9.45. The molecule has 4 bridgehead atoms. The molecule has 0 radical (unpaired) electrons. The third-order valence-corrected chi connectivity index (χ3v) is 17.1. The first-order valence-corrected chi connectivity index (χ1v) is 21.5. The standard InChI is InChI=1S/C22H28BNO5.C22H28BNO4.CH4/c1-22(2)16-9-8-15(17(22)10-16)11-24-12-18(25)28-23(24,29-19(26)13-24)21-20(27-21)14-6-4-3-5-7-14;1-22(2)18-9-8-17(19(22)12-18)13-24-14-20(25)27-23(24,28-21(26)15-24)11-10-16-6-4-3-5-7-16;/h3-7,15-17,20-21H,8-13H2,1-2H3;3-7,10-11,17-19H,8-9,12-15H2,1-2H3;1H4/b;11-10+;/t15?,16-,17?,20?,21?,23?,24?;17?,18-,19?,23?,24?;/m11./s1. The van der Waals surface area contributed by atoms with E-state index in [9.17, 15) is 19.2 Å². The zero-order valence-electron chi connectivity index (χ0n) is 33.8. The van der Waals surface area contributed by atoms with Crippen LogP contribution in [0.3, 0.4) is 0 Å². The first-order valence-electron chi connectivity index (χ1n) is 21.5. The molecule has 13 heteroatoms. The first-order chi connectivity index (χ1) is 27.2. The number of hydrogen-bond donors (Lipinski definition) is 0. The van der Waals surface area contributed by atoms with Crippen molar-refractivity contribution in [2.75, 3.05) is 39.3 Å². The van der Waals surface area contributed by atoms with E-state index in [1.807, 2.05) is 72.7 Å². The van der Waals surface area contributed by atoms with Gasteiger partial charge in [-0.3, -0.25) is 19.2 Å². The molecule has 11 aliphatic rings. The van der Waals surface area contributed by atoms with Crippen LogP contribution in [0.5, 0.6) is 0 Å². The molecule has 8 atom stereocenters. The molecule has 6 unspecified atom stereocenters. The Labute approximate surface area is 342 Å². The Morgan fingerprint density at radius 3 is 1.60 bits per heavy atom. The van der Waals surface area contributed by atoms with Crippen molar-refractivity contribution in [3.05, 3.63) is 77.8 Å². The van der Waals surface area contributed by atoms with Gasteiger partial charge >= 0.3 is 37.3 Å². The van der Waals surface area contributed by atoms with Crippen LogP contribution in [0.25, 0.3) is 6.08 Å². The van der Waals surface area contributed by atoms with Crippen LogP contribution in [0.15, 0.2) is 66.6 Å². The van der Waals surface area contributed by atoms with Crippen molar-refractivity contribution >= 4 is 43.3 Å². The molecule has 5 aliphatic heterocycles. The molecule has 0 N–H and O–H groups in total. The van der Waals surface area contributed by atoms with Crippen molar-refractivity contribution in [2.24, 2.45) is 46.3 Å². The minimum atomic E-state index is -2.17. The van der Waals surface area contributed by atoms with E-state index in [0.29, 0.717) is 43.3 Å². The Hall–Kier alpha value is -3.93. The highest BCUT2D eigenvalue weighted by Crippen LogP contribution is 2.64. The lowest BCUT2D eigenvalue weighted by Gasteiger charge is -2.61. The Kier molecular flexibility index (Phi) is 9.23. The number of epoxide rings is 1. The molecule has 11 nitrogen and oxygen atoms in total. The number of fused-ring (bicyclic) bond motifs is 6. The maximum atomic E-state index is 12.5. The predicted octanol–water partition coefficient (Wildman–Crippen LogP) is 6.42. The average molecular weight is 795 g/mol.